The van der Waals surface area contributed by atoms with Gasteiger partial charge in [-0.05, 0) is 20.8 Å². The minimum absolute atomic E-state index is 0.0902. The number of aromatic hydroxyl groups is 2. The molecule has 0 amide bonds. The van der Waals surface area contributed by atoms with E-state index in [4.69, 9.17) is 4.74 Å². The number of nitrogens with zero attached hydrogens (tertiary/aromatic N) is 4. The molecule has 0 atom stereocenters. The fourth-order valence-electron chi connectivity index (χ4n) is 2.37. The van der Waals surface area contributed by atoms with Crippen LogP contribution >= 0.6 is 0 Å². The van der Waals surface area contributed by atoms with E-state index in [0.717, 1.165) is 5.56 Å². The Balaban J connectivity index is 2.14. The van der Waals surface area contributed by atoms with Crippen molar-refractivity contribution in [1.29, 1.82) is 0 Å². The Labute approximate surface area is 126 Å². The lowest BCUT2D eigenvalue weighted by Gasteiger charge is -2.08. The summed E-state index contributed by atoms with van der Waals surface area (Å²) in [5.74, 6) is 0.751. The van der Waals surface area contributed by atoms with Gasteiger partial charge in [-0.15, -0.1) is 10.2 Å². The van der Waals surface area contributed by atoms with Crippen LogP contribution in [0.1, 0.15) is 23.9 Å². The lowest BCUT2D eigenvalue weighted by Crippen LogP contribution is -2.03. The maximum atomic E-state index is 10.1. The molecule has 0 aromatic carbocycles. The third-order valence-corrected chi connectivity index (χ3v) is 3.51. The number of aromatic nitrogens is 5. The first-order valence-corrected chi connectivity index (χ1v) is 6.82. The lowest BCUT2D eigenvalue weighted by molar-refractivity contribution is 0.322. The summed E-state index contributed by atoms with van der Waals surface area (Å²) in [6.45, 7) is 9.86. The molecule has 0 aliphatic heterocycles. The Bertz CT molecular complexity index is 871. The van der Waals surface area contributed by atoms with Gasteiger partial charge in [-0.3, -0.25) is 5.10 Å². The highest BCUT2D eigenvalue weighted by atomic mass is 16.5. The zero-order valence-corrected chi connectivity index (χ0v) is 12.6. The SMILES string of the molecule is C=C(c1nnc2c(C)c(OCC)[nH]n12)n1c(O)cc(C)c1O. The van der Waals surface area contributed by atoms with Crippen molar-refractivity contribution in [1.82, 2.24) is 24.4 Å². The van der Waals surface area contributed by atoms with E-state index in [2.05, 4.69) is 21.9 Å². The van der Waals surface area contributed by atoms with Crippen LogP contribution in [0.2, 0.25) is 0 Å². The number of H-pyrrole nitrogens is 1. The van der Waals surface area contributed by atoms with Gasteiger partial charge >= 0.3 is 0 Å². The van der Waals surface area contributed by atoms with Gasteiger partial charge in [0.15, 0.2) is 17.4 Å². The molecule has 0 unspecified atom stereocenters. The third kappa shape index (κ3) is 1.84. The molecule has 3 rings (SSSR count). The average Bonchev–Trinajstić information content (AvgIpc) is 3.07. The van der Waals surface area contributed by atoms with Crippen molar-refractivity contribution in [3.05, 3.63) is 29.6 Å². The molecule has 0 spiro atoms. The summed E-state index contributed by atoms with van der Waals surface area (Å²) in [7, 11) is 0. The molecule has 0 radical (unpaired) electrons. The summed E-state index contributed by atoms with van der Waals surface area (Å²) in [6.07, 6.45) is 0. The predicted molar refractivity (Wildman–Crippen MR) is 80.2 cm³/mol. The highest BCUT2D eigenvalue weighted by molar-refractivity contribution is 5.66. The molecule has 0 aliphatic carbocycles. The first-order valence-electron chi connectivity index (χ1n) is 6.82. The Kier molecular flexibility index (Phi) is 3.09. The molecule has 116 valence electrons. The third-order valence-electron chi connectivity index (χ3n) is 3.51. The smallest absolute Gasteiger partial charge is 0.213 e. The standard InChI is InChI=1S/C14H17N5O3/c1-5-22-13-8(3)11-15-16-12(19(11)17-13)9(4)18-10(20)6-7(2)14(18)21/h6,17,20-21H,4-5H2,1-3H3. The monoisotopic (exact) mass is 303 g/mol. The fraction of sp³-hybridized carbons (Fsp3) is 0.286. The van der Waals surface area contributed by atoms with Crippen LogP contribution < -0.4 is 4.74 Å². The first-order chi connectivity index (χ1) is 10.5. The maximum absolute atomic E-state index is 10.1. The molecular formula is C14H17N5O3. The number of ether oxygens (including phenoxy) is 1. The normalized spacial score (nSPS) is 11.2. The molecule has 0 aliphatic rings. The molecule has 0 saturated heterocycles. The van der Waals surface area contributed by atoms with Crippen LogP contribution in [0.15, 0.2) is 12.6 Å². The van der Waals surface area contributed by atoms with Crippen LogP contribution in [-0.2, 0) is 0 Å². The average molecular weight is 303 g/mol. The lowest BCUT2D eigenvalue weighted by atomic mass is 10.4. The zero-order valence-electron chi connectivity index (χ0n) is 12.6. The van der Waals surface area contributed by atoms with Crippen LogP contribution in [0, 0.1) is 13.8 Å². The van der Waals surface area contributed by atoms with Gasteiger partial charge in [0.2, 0.25) is 11.8 Å². The molecule has 3 aromatic heterocycles. The quantitative estimate of drug-likeness (QED) is 0.682. The van der Waals surface area contributed by atoms with Crippen LogP contribution in [-0.4, -0.2) is 41.2 Å². The summed E-state index contributed by atoms with van der Waals surface area (Å²) >= 11 is 0. The maximum Gasteiger partial charge on any atom is 0.213 e. The summed E-state index contributed by atoms with van der Waals surface area (Å²) in [6, 6.07) is 1.45. The second kappa shape index (κ2) is 4.83. The van der Waals surface area contributed by atoms with E-state index in [0.29, 0.717) is 35.2 Å². The summed E-state index contributed by atoms with van der Waals surface area (Å²) < 4.78 is 8.31. The largest absolute Gasteiger partial charge is 0.494 e. The molecule has 0 fully saturated rings. The van der Waals surface area contributed by atoms with Gasteiger partial charge in [-0.1, -0.05) is 6.58 Å². The summed E-state index contributed by atoms with van der Waals surface area (Å²) in [4.78, 5) is 0. The number of hydrogen-bond donors (Lipinski definition) is 3. The molecule has 8 heteroatoms. The fourth-order valence-corrected chi connectivity index (χ4v) is 2.37. The van der Waals surface area contributed by atoms with Gasteiger partial charge < -0.3 is 14.9 Å². The number of nitrogens with one attached hydrogen (secondary N) is 1. The Morgan fingerprint density at radius 3 is 2.68 bits per heavy atom. The van der Waals surface area contributed by atoms with E-state index in [1.54, 1.807) is 11.4 Å². The van der Waals surface area contributed by atoms with Gasteiger partial charge in [0, 0.05) is 11.6 Å². The minimum Gasteiger partial charge on any atom is -0.494 e. The molecule has 3 aromatic rings. The molecular weight excluding hydrogens is 286 g/mol. The van der Waals surface area contributed by atoms with Crippen molar-refractivity contribution in [3.8, 4) is 17.6 Å². The Morgan fingerprint density at radius 2 is 2.09 bits per heavy atom. The molecule has 8 nitrogen and oxygen atoms in total. The minimum atomic E-state index is -0.120. The van der Waals surface area contributed by atoms with Crippen molar-refractivity contribution < 1.29 is 14.9 Å². The van der Waals surface area contributed by atoms with Gasteiger partial charge in [0.05, 0.1) is 17.9 Å². The molecule has 3 heterocycles. The molecule has 0 bridgehead atoms. The van der Waals surface area contributed by atoms with Crippen molar-refractivity contribution in [2.45, 2.75) is 20.8 Å². The van der Waals surface area contributed by atoms with Crippen molar-refractivity contribution in [2.24, 2.45) is 0 Å². The van der Waals surface area contributed by atoms with Crippen LogP contribution in [0.4, 0.5) is 0 Å². The number of hydrogen-bond acceptors (Lipinski definition) is 5. The van der Waals surface area contributed by atoms with Crippen molar-refractivity contribution in [2.75, 3.05) is 6.61 Å². The topological polar surface area (TPSA) is 101 Å². The van der Waals surface area contributed by atoms with Gasteiger partial charge in [0.1, 0.15) is 0 Å². The summed E-state index contributed by atoms with van der Waals surface area (Å²) in [5, 5.41) is 31.2. The van der Waals surface area contributed by atoms with Crippen LogP contribution in [0.5, 0.6) is 17.6 Å². The van der Waals surface area contributed by atoms with Gasteiger partial charge in [0.25, 0.3) is 0 Å². The van der Waals surface area contributed by atoms with Crippen LogP contribution in [0.3, 0.4) is 0 Å². The van der Waals surface area contributed by atoms with Gasteiger partial charge in [-0.2, -0.15) is 0 Å². The molecule has 22 heavy (non-hydrogen) atoms. The predicted octanol–water partition coefficient (Wildman–Crippen LogP) is 1.80. The first kappa shape index (κ1) is 14.1. The number of rotatable bonds is 4. The van der Waals surface area contributed by atoms with E-state index < -0.39 is 0 Å². The van der Waals surface area contributed by atoms with Crippen molar-refractivity contribution in [3.63, 3.8) is 0 Å². The van der Waals surface area contributed by atoms with Crippen molar-refractivity contribution >= 4 is 11.3 Å². The molecule has 3 N–H and O–H groups in total. The molecule has 0 saturated carbocycles. The Hall–Kier alpha value is -2.90. The Morgan fingerprint density at radius 1 is 1.36 bits per heavy atom. The zero-order chi connectivity index (χ0) is 16.0. The number of aromatic amines is 1. The number of fused-ring (bicyclic) bond motifs is 1. The summed E-state index contributed by atoms with van der Waals surface area (Å²) in [5.41, 5.74) is 2.25. The van der Waals surface area contributed by atoms with E-state index in [1.165, 1.54) is 10.6 Å². The number of aryl methyl sites for hydroxylation is 2. The highest BCUT2D eigenvalue weighted by Crippen LogP contribution is 2.32. The van der Waals surface area contributed by atoms with Crippen LogP contribution in [0.25, 0.3) is 11.3 Å². The second-order valence-corrected chi connectivity index (χ2v) is 4.97. The van der Waals surface area contributed by atoms with Gasteiger partial charge in [-0.25, -0.2) is 9.08 Å². The second-order valence-electron chi connectivity index (χ2n) is 4.97. The van der Waals surface area contributed by atoms with E-state index in [9.17, 15) is 10.2 Å². The van der Waals surface area contributed by atoms with E-state index in [1.807, 2.05) is 13.8 Å². The van der Waals surface area contributed by atoms with E-state index >= 15 is 0 Å². The van der Waals surface area contributed by atoms with E-state index in [-0.39, 0.29) is 11.8 Å². The highest BCUT2D eigenvalue weighted by Gasteiger charge is 2.21.